The molecule has 0 unspecified atom stereocenters. The van der Waals surface area contributed by atoms with Crippen LogP contribution in [-0.2, 0) is 9.59 Å². The van der Waals surface area contributed by atoms with Gasteiger partial charge < -0.3 is 15.4 Å². The summed E-state index contributed by atoms with van der Waals surface area (Å²) in [5.74, 6) is -0.414. The number of benzene rings is 3. The van der Waals surface area contributed by atoms with Gasteiger partial charge in [0.15, 0.2) is 6.61 Å². The van der Waals surface area contributed by atoms with Crippen molar-refractivity contribution in [2.24, 2.45) is 0 Å². The van der Waals surface area contributed by atoms with Gasteiger partial charge in [-0.15, -0.1) is 0 Å². The van der Waals surface area contributed by atoms with Crippen LogP contribution in [0.25, 0.3) is 6.08 Å². The number of hydrogen-bond acceptors (Lipinski definition) is 4. The number of halogens is 1. The molecule has 0 heterocycles. The molecule has 7 heteroatoms. The Balaban J connectivity index is 1.63. The molecule has 0 radical (unpaired) electrons. The normalized spacial score (nSPS) is 10.8. The maximum absolute atomic E-state index is 12.4. The number of hydrogen-bond donors (Lipinski definition) is 2. The SMILES string of the molecule is Cc1ccc(NC(=O)COc2cccc(/C=C(/C#N)C(=O)Nc3cccc(Cl)c3)c2)cc1C. The van der Waals surface area contributed by atoms with Gasteiger partial charge in [-0.3, -0.25) is 9.59 Å². The van der Waals surface area contributed by atoms with Crippen molar-refractivity contribution in [1.29, 1.82) is 5.26 Å². The van der Waals surface area contributed by atoms with Gasteiger partial charge in [0.1, 0.15) is 17.4 Å². The summed E-state index contributed by atoms with van der Waals surface area (Å²) in [4.78, 5) is 24.7. The van der Waals surface area contributed by atoms with Crippen LogP contribution in [0.15, 0.2) is 72.3 Å². The highest BCUT2D eigenvalue weighted by atomic mass is 35.5. The van der Waals surface area contributed by atoms with Crippen LogP contribution < -0.4 is 15.4 Å². The van der Waals surface area contributed by atoms with Gasteiger partial charge in [0.25, 0.3) is 11.8 Å². The number of nitrogens with zero attached hydrogens (tertiary/aromatic N) is 1. The van der Waals surface area contributed by atoms with Crippen LogP contribution in [0.4, 0.5) is 11.4 Å². The van der Waals surface area contributed by atoms with E-state index in [2.05, 4.69) is 10.6 Å². The minimum absolute atomic E-state index is 0.0837. The maximum atomic E-state index is 12.4. The number of anilines is 2. The van der Waals surface area contributed by atoms with Crippen molar-refractivity contribution in [1.82, 2.24) is 0 Å². The van der Waals surface area contributed by atoms with Gasteiger partial charge in [0, 0.05) is 16.4 Å². The molecule has 0 saturated heterocycles. The van der Waals surface area contributed by atoms with E-state index in [1.54, 1.807) is 48.5 Å². The van der Waals surface area contributed by atoms with Crippen LogP contribution in [0.1, 0.15) is 16.7 Å². The quantitative estimate of drug-likeness (QED) is 0.359. The lowest BCUT2D eigenvalue weighted by Crippen LogP contribution is -2.20. The number of nitriles is 1. The smallest absolute Gasteiger partial charge is 0.266 e. The molecule has 0 aromatic heterocycles. The first kappa shape index (κ1) is 23.6. The first-order valence-electron chi connectivity index (χ1n) is 10.1. The van der Waals surface area contributed by atoms with Crippen LogP contribution in [0.3, 0.4) is 0 Å². The Bertz CT molecular complexity index is 1260. The predicted molar refractivity (Wildman–Crippen MR) is 130 cm³/mol. The lowest BCUT2D eigenvalue weighted by molar-refractivity contribution is -0.118. The number of carbonyl (C=O) groups excluding carboxylic acids is 2. The monoisotopic (exact) mass is 459 g/mol. The molecule has 0 saturated carbocycles. The average Bonchev–Trinajstić information content (AvgIpc) is 2.79. The molecule has 3 rings (SSSR count). The average molecular weight is 460 g/mol. The van der Waals surface area contributed by atoms with Crippen molar-refractivity contribution in [3.63, 3.8) is 0 Å². The van der Waals surface area contributed by atoms with E-state index in [0.29, 0.717) is 27.7 Å². The predicted octanol–water partition coefficient (Wildman–Crippen LogP) is 5.52. The molecule has 2 amide bonds. The first-order chi connectivity index (χ1) is 15.8. The molecule has 0 aliphatic carbocycles. The number of carbonyl (C=O) groups is 2. The zero-order valence-corrected chi connectivity index (χ0v) is 18.9. The summed E-state index contributed by atoms with van der Waals surface area (Å²) in [6.45, 7) is 3.80. The summed E-state index contributed by atoms with van der Waals surface area (Å²) < 4.78 is 5.58. The lowest BCUT2D eigenvalue weighted by Gasteiger charge is -2.09. The van der Waals surface area contributed by atoms with Gasteiger partial charge in [0.2, 0.25) is 0 Å². The second-order valence-corrected chi connectivity index (χ2v) is 7.78. The van der Waals surface area contributed by atoms with Gasteiger partial charge >= 0.3 is 0 Å². The zero-order chi connectivity index (χ0) is 23.8. The van der Waals surface area contributed by atoms with E-state index in [1.807, 2.05) is 38.1 Å². The molecule has 33 heavy (non-hydrogen) atoms. The van der Waals surface area contributed by atoms with Crippen LogP contribution in [-0.4, -0.2) is 18.4 Å². The number of ether oxygens (including phenoxy) is 1. The van der Waals surface area contributed by atoms with Crippen LogP contribution >= 0.6 is 11.6 Å². The Morgan fingerprint density at radius 1 is 0.970 bits per heavy atom. The molecule has 2 N–H and O–H groups in total. The highest BCUT2D eigenvalue weighted by molar-refractivity contribution is 6.31. The zero-order valence-electron chi connectivity index (χ0n) is 18.2. The second-order valence-electron chi connectivity index (χ2n) is 7.34. The van der Waals surface area contributed by atoms with Crippen molar-refractivity contribution >= 4 is 40.9 Å². The largest absolute Gasteiger partial charge is 0.484 e. The fourth-order valence-electron chi connectivity index (χ4n) is 2.94. The Hall–Kier alpha value is -4.08. The Morgan fingerprint density at radius 2 is 1.73 bits per heavy atom. The molecule has 0 atom stereocenters. The topological polar surface area (TPSA) is 91.2 Å². The molecule has 6 nitrogen and oxygen atoms in total. The van der Waals surface area contributed by atoms with Crippen LogP contribution in [0.2, 0.25) is 5.02 Å². The third-order valence-electron chi connectivity index (χ3n) is 4.78. The molecular formula is C26H22ClN3O3. The number of amides is 2. The molecule has 3 aromatic carbocycles. The van der Waals surface area contributed by atoms with E-state index < -0.39 is 5.91 Å². The first-order valence-corrected chi connectivity index (χ1v) is 10.5. The second kappa shape index (κ2) is 11.0. The van der Waals surface area contributed by atoms with Gasteiger partial charge in [-0.1, -0.05) is 35.9 Å². The molecule has 0 bridgehead atoms. The summed E-state index contributed by atoms with van der Waals surface area (Å²) in [5.41, 5.74) is 3.92. The highest BCUT2D eigenvalue weighted by Crippen LogP contribution is 2.19. The molecule has 0 aliphatic rings. The number of rotatable bonds is 7. The fraction of sp³-hybridized carbons (Fsp3) is 0.115. The van der Waals surface area contributed by atoms with Crippen LogP contribution in [0, 0.1) is 25.2 Å². The number of aryl methyl sites for hydroxylation is 2. The summed E-state index contributed by atoms with van der Waals surface area (Å²) in [7, 11) is 0. The van der Waals surface area contributed by atoms with Gasteiger partial charge in [-0.05, 0) is 79.1 Å². The third kappa shape index (κ3) is 6.96. The van der Waals surface area contributed by atoms with Crippen molar-refractivity contribution < 1.29 is 14.3 Å². The molecular weight excluding hydrogens is 438 g/mol. The van der Waals surface area contributed by atoms with Crippen LogP contribution in [0.5, 0.6) is 5.75 Å². The molecule has 3 aromatic rings. The van der Waals surface area contributed by atoms with Gasteiger partial charge in [0.05, 0.1) is 0 Å². The Kier molecular flexibility index (Phi) is 7.85. The third-order valence-corrected chi connectivity index (χ3v) is 5.01. The Labute approximate surface area is 197 Å². The van der Waals surface area contributed by atoms with E-state index in [9.17, 15) is 14.9 Å². The minimum Gasteiger partial charge on any atom is -0.484 e. The van der Waals surface area contributed by atoms with Crippen molar-refractivity contribution in [2.75, 3.05) is 17.2 Å². The standard InChI is InChI=1S/C26H22ClN3O3/c1-17-9-10-23(11-18(17)2)29-25(31)16-33-24-8-3-5-19(13-24)12-20(15-28)26(32)30-22-7-4-6-21(27)14-22/h3-14H,16H2,1-2H3,(H,29,31)(H,30,32)/b20-12-. The van der Waals surface area contributed by atoms with E-state index in [0.717, 1.165) is 11.1 Å². The minimum atomic E-state index is -0.557. The van der Waals surface area contributed by atoms with Gasteiger partial charge in [-0.2, -0.15) is 5.26 Å². The lowest BCUT2D eigenvalue weighted by atomic mass is 10.1. The molecule has 0 spiro atoms. The molecule has 166 valence electrons. The van der Waals surface area contributed by atoms with E-state index in [4.69, 9.17) is 16.3 Å². The van der Waals surface area contributed by atoms with E-state index in [-0.39, 0.29) is 18.1 Å². The van der Waals surface area contributed by atoms with E-state index >= 15 is 0 Å². The maximum Gasteiger partial charge on any atom is 0.266 e. The van der Waals surface area contributed by atoms with E-state index in [1.165, 1.54) is 6.08 Å². The fourth-order valence-corrected chi connectivity index (χ4v) is 3.13. The van der Waals surface area contributed by atoms with Crippen molar-refractivity contribution in [2.45, 2.75) is 13.8 Å². The van der Waals surface area contributed by atoms with Crippen molar-refractivity contribution in [3.05, 3.63) is 94.0 Å². The Morgan fingerprint density at radius 3 is 2.45 bits per heavy atom. The molecule has 0 fully saturated rings. The summed E-state index contributed by atoms with van der Waals surface area (Å²) in [6.07, 6.45) is 1.45. The summed E-state index contributed by atoms with van der Waals surface area (Å²) in [6, 6.07) is 21.0. The summed E-state index contributed by atoms with van der Waals surface area (Å²) >= 11 is 5.93. The molecule has 0 aliphatic heterocycles. The van der Waals surface area contributed by atoms with Gasteiger partial charge in [-0.25, -0.2) is 0 Å². The number of nitrogens with one attached hydrogen (secondary N) is 2. The summed E-state index contributed by atoms with van der Waals surface area (Å²) in [5, 5.41) is 15.3. The highest BCUT2D eigenvalue weighted by Gasteiger charge is 2.11. The van der Waals surface area contributed by atoms with Crippen molar-refractivity contribution in [3.8, 4) is 11.8 Å².